The molecule has 1 amide bonds. The van der Waals surface area contributed by atoms with E-state index >= 15 is 0 Å². The maximum atomic E-state index is 12.5. The molecule has 0 saturated heterocycles. The van der Waals surface area contributed by atoms with Crippen molar-refractivity contribution in [2.75, 3.05) is 27.1 Å². The second-order valence-corrected chi connectivity index (χ2v) is 10.4. The van der Waals surface area contributed by atoms with E-state index in [0.29, 0.717) is 16.9 Å². The normalized spacial score (nSPS) is 11.4. The average molecular weight is 488 g/mol. The van der Waals surface area contributed by atoms with Gasteiger partial charge in [-0.3, -0.25) is 9.10 Å². The number of carbonyl (C=O) groups is 1. The van der Waals surface area contributed by atoms with Gasteiger partial charge in [-0.15, -0.1) is 6.58 Å². The van der Waals surface area contributed by atoms with Crippen LogP contribution in [-0.4, -0.2) is 45.5 Å². The topological polar surface area (TPSA) is 138 Å². The predicted molar refractivity (Wildman–Crippen MR) is 126 cm³/mol. The van der Waals surface area contributed by atoms with Gasteiger partial charge in [0.05, 0.1) is 23.4 Å². The first kappa shape index (κ1) is 23.9. The second-order valence-electron chi connectivity index (χ2n) is 6.79. The van der Waals surface area contributed by atoms with Crippen LogP contribution < -0.4 is 14.3 Å². The minimum Gasteiger partial charge on any atom is -0.322 e. The van der Waals surface area contributed by atoms with Crippen LogP contribution in [0.3, 0.4) is 0 Å². The zero-order chi connectivity index (χ0) is 24.1. The molecule has 0 unspecified atom stereocenters. The Balaban J connectivity index is 1.70. The highest BCUT2D eigenvalue weighted by molar-refractivity contribution is 7.92. The summed E-state index contributed by atoms with van der Waals surface area (Å²) in [5, 5.41) is 2.66. The number of hydrogen-bond donors (Lipinski definition) is 2. The summed E-state index contributed by atoms with van der Waals surface area (Å²) >= 11 is 0. The van der Waals surface area contributed by atoms with Crippen LogP contribution in [0.2, 0.25) is 0 Å². The van der Waals surface area contributed by atoms with Gasteiger partial charge in [-0.2, -0.15) is 0 Å². The van der Waals surface area contributed by atoms with Gasteiger partial charge in [0.15, 0.2) is 0 Å². The highest BCUT2D eigenvalue weighted by Crippen LogP contribution is 2.20. The van der Waals surface area contributed by atoms with Gasteiger partial charge in [-0.1, -0.05) is 6.08 Å². The third kappa shape index (κ3) is 6.14. The maximum Gasteiger partial charge on any atom is 0.264 e. The molecular formula is C21H21N5O5S2. The number of anilines is 3. The monoisotopic (exact) mass is 487 g/mol. The van der Waals surface area contributed by atoms with E-state index in [1.807, 2.05) is 0 Å². The molecule has 0 bridgehead atoms. The SMILES string of the molecule is C=CCN(c1ccc(C(=O)Nc2ccc(S(=O)(=O)Nc3ncccn3)cc2)cc1)S(C)(=O)=O. The van der Waals surface area contributed by atoms with Gasteiger partial charge >= 0.3 is 0 Å². The molecule has 2 N–H and O–H groups in total. The molecule has 172 valence electrons. The van der Waals surface area contributed by atoms with Crippen molar-refractivity contribution in [1.82, 2.24) is 9.97 Å². The van der Waals surface area contributed by atoms with Crippen molar-refractivity contribution in [3.8, 4) is 0 Å². The molecule has 12 heteroatoms. The molecule has 3 aromatic rings. The Morgan fingerprint density at radius 1 is 1.00 bits per heavy atom. The van der Waals surface area contributed by atoms with Gasteiger partial charge in [-0.25, -0.2) is 31.5 Å². The van der Waals surface area contributed by atoms with E-state index in [4.69, 9.17) is 0 Å². The first-order chi connectivity index (χ1) is 15.6. The Labute approximate surface area is 192 Å². The number of aromatic nitrogens is 2. The minimum atomic E-state index is -3.89. The molecule has 0 saturated carbocycles. The van der Waals surface area contributed by atoms with E-state index in [9.17, 15) is 21.6 Å². The summed E-state index contributed by atoms with van der Waals surface area (Å²) in [4.78, 5) is 20.1. The highest BCUT2D eigenvalue weighted by atomic mass is 32.2. The number of carbonyl (C=O) groups excluding carboxylic acids is 1. The maximum absolute atomic E-state index is 12.5. The van der Waals surface area contributed by atoms with Gasteiger partial charge in [0, 0.05) is 23.6 Å². The molecule has 0 radical (unpaired) electrons. The third-order valence-corrected chi connectivity index (χ3v) is 6.83. The summed E-state index contributed by atoms with van der Waals surface area (Å²) in [5.41, 5.74) is 1.08. The Morgan fingerprint density at radius 3 is 2.15 bits per heavy atom. The summed E-state index contributed by atoms with van der Waals surface area (Å²) in [6.45, 7) is 3.66. The summed E-state index contributed by atoms with van der Waals surface area (Å²) in [7, 11) is -7.39. The van der Waals surface area contributed by atoms with Crippen molar-refractivity contribution in [2.45, 2.75) is 4.90 Å². The quantitative estimate of drug-likeness (QED) is 0.442. The number of hydrogen-bond acceptors (Lipinski definition) is 7. The molecule has 0 atom stereocenters. The van der Waals surface area contributed by atoms with Crippen molar-refractivity contribution < 1.29 is 21.6 Å². The molecular weight excluding hydrogens is 466 g/mol. The zero-order valence-corrected chi connectivity index (χ0v) is 19.2. The standard InChI is InChI=1S/C21H21N5O5S2/c1-3-15-26(32(2,28)29)18-9-5-16(6-10-18)20(27)24-17-7-11-19(12-8-17)33(30,31)25-21-22-13-4-14-23-21/h3-14H,1,15H2,2H3,(H,24,27)(H,22,23,25). The van der Waals surface area contributed by atoms with Gasteiger partial charge in [0.1, 0.15) is 0 Å². The van der Waals surface area contributed by atoms with Crippen LogP contribution in [0, 0.1) is 0 Å². The number of rotatable bonds is 9. The van der Waals surface area contributed by atoms with Crippen molar-refractivity contribution in [3.05, 3.63) is 85.2 Å². The zero-order valence-electron chi connectivity index (χ0n) is 17.5. The largest absolute Gasteiger partial charge is 0.322 e. The van der Waals surface area contributed by atoms with Crippen LogP contribution in [0.4, 0.5) is 17.3 Å². The fraction of sp³-hybridized carbons (Fsp3) is 0.0952. The fourth-order valence-corrected chi connectivity index (χ4v) is 4.62. The van der Waals surface area contributed by atoms with Crippen LogP contribution >= 0.6 is 0 Å². The molecule has 0 aliphatic rings. The summed E-state index contributed by atoms with van der Waals surface area (Å²) in [6, 6.07) is 13.2. The first-order valence-corrected chi connectivity index (χ1v) is 12.8. The Morgan fingerprint density at radius 2 is 1.61 bits per heavy atom. The van der Waals surface area contributed by atoms with Gasteiger partial charge in [0.2, 0.25) is 16.0 Å². The van der Waals surface area contributed by atoms with Gasteiger partial charge < -0.3 is 5.32 Å². The lowest BCUT2D eigenvalue weighted by Gasteiger charge is -2.20. The number of benzene rings is 2. The van der Waals surface area contributed by atoms with E-state index in [0.717, 1.165) is 10.6 Å². The third-order valence-electron chi connectivity index (χ3n) is 4.33. The molecule has 0 aliphatic heterocycles. The lowest BCUT2D eigenvalue weighted by atomic mass is 10.2. The van der Waals surface area contributed by atoms with E-state index in [2.05, 4.69) is 26.6 Å². The van der Waals surface area contributed by atoms with Gasteiger partial charge in [-0.05, 0) is 54.6 Å². The number of sulfonamides is 2. The molecule has 1 aromatic heterocycles. The molecule has 0 aliphatic carbocycles. The summed E-state index contributed by atoms with van der Waals surface area (Å²) in [6.07, 6.45) is 5.37. The Hall–Kier alpha value is -3.77. The first-order valence-electron chi connectivity index (χ1n) is 9.50. The average Bonchev–Trinajstić information content (AvgIpc) is 2.77. The summed E-state index contributed by atoms with van der Waals surface area (Å²) < 4.78 is 52.1. The van der Waals surface area contributed by atoms with E-state index < -0.39 is 26.0 Å². The molecule has 10 nitrogen and oxygen atoms in total. The van der Waals surface area contributed by atoms with Crippen molar-refractivity contribution >= 4 is 43.3 Å². The van der Waals surface area contributed by atoms with Crippen molar-refractivity contribution in [2.24, 2.45) is 0 Å². The van der Waals surface area contributed by atoms with Crippen LogP contribution in [0.25, 0.3) is 0 Å². The van der Waals surface area contributed by atoms with Crippen LogP contribution in [-0.2, 0) is 20.0 Å². The number of amides is 1. The molecule has 33 heavy (non-hydrogen) atoms. The molecule has 3 rings (SSSR count). The molecule has 0 fully saturated rings. The lowest BCUT2D eigenvalue weighted by Crippen LogP contribution is -2.29. The highest BCUT2D eigenvalue weighted by Gasteiger charge is 2.17. The lowest BCUT2D eigenvalue weighted by molar-refractivity contribution is 0.102. The van der Waals surface area contributed by atoms with E-state index in [1.54, 1.807) is 6.07 Å². The Kier molecular flexibility index (Phi) is 7.09. The summed E-state index contributed by atoms with van der Waals surface area (Å²) in [5.74, 6) is -0.497. The van der Waals surface area contributed by atoms with Crippen LogP contribution in [0.15, 0.2) is 84.5 Å². The van der Waals surface area contributed by atoms with Crippen molar-refractivity contribution in [3.63, 3.8) is 0 Å². The Bertz CT molecular complexity index is 1340. The van der Waals surface area contributed by atoms with Gasteiger partial charge in [0.25, 0.3) is 15.9 Å². The smallest absolute Gasteiger partial charge is 0.264 e. The molecule has 1 heterocycles. The predicted octanol–water partition coefficient (Wildman–Crippen LogP) is 2.48. The molecule has 0 spiro atoms. The van der Waals surface area contributed by atoms with Crippen molar-refractivity contribution in [1.29, 1.82) is 0 Å². The fourth-order valence-electron chi connectivity index (χ4n) is 2.78. The number of nitrogens with zero attached hydrogens (tertiary/aromatic N) is 3. The molecule has 2 aromatic carbocycles. The van der Waals surface area contributed by atoms with Crippen LogP contribution in [0.1, 0.15) is 10.4 Å². The number of nitrogens with one attached hydrogen (secondary N) is 2. The van der Waals surface area contributed by atoms with Crippen LogP contribution in [0.5, 0.6) is 0 Å². The minimum absolute atomic E-state index is 0.0274. The van der Waals surface area contributed by atoms with E-state index in [-0.39, 0.29) is 17.4 Å². The second kappa shape index (κ2) is 9.79. The van der Waals surface area contributed by atoms with E-state index in [1.165, 1.54) is 67.0 Å².